The van der Waals surface area contributed by atoms with Crippen molar-refractivity contribution in [3.63, 3.8) is 0 Å². The summed E-state index contributed by atoms with van der Waals surface area (Å²) < 4.78 is 5.93. The molecule has 0 aliphatic carbocycles. The van der Waals surface area contributed by atoms with Crippen molar-refractivity contribution in [3.05, 3.63) is 45.9 Å². The second-order valence-electron chi connectivity index (χ2n) is 6.00. The van der Waals surface area contributed by atoms with Crippen molar-refractivity contribution in [3.8, 4) is 5.75 Å². The van der Waals surface area contributed by atoms with Gasteiger partial charge in [0.05, 0.1) is 17.2 Å². The van der Waals surface area contributed by atoms with E-state index in [1.54, 1.807) is 11.3 Å². The summed E-state index contributed by atoms with van der Waals surface area (Å²) in [4.78, 5) is 9.10. The van der Waals surface area contributed by atoms with Gasteiger partial charge in [-0.1, -0.05) is 12.1 Å². The van der Waals surface area contributed by atoms with Crippen LogP contribution in [0.15, 0.2) is 34.6 Å². The summed E-state index contributed by atoms with van der Waals surface area (Å²) in [5.74, 6) is 1.70. The van der Waals surface area contributed by atoms with E-state index in [1.165, 1.54) is 5.56 Å². The van der Waals surface area contributed by atoms with E-state index >= 15 is 0 Å². The minimum absolute atomic E-state index is 0. The third-order valence-electron chi connectivity index (χ3n) is 3.52. The lowest BCUT2D eigenvalue weighted by Gasteiger charge is -2.15. The minimum atomic E-state index is 0. The number of hydrogen-bond donors (Lipinski definition) is 2. The highest BCUT2D eigenvalue weighted by molar-refractivity contribution is 14.0. The molecule has 0 amide bonds. The maximum Gasteiger partial charge on any atom is 0.191 e. The van der Waals surface area contributed by atoms with Gasteiger partial charge in [0.15, 0.2) is 5.96 Å². The lowest BCUT2D eigenvalue weighted by Crippen LogP contribution is -2.39. The highest BCUT2D eigenvalue weighted by Gasteiger charge is 2.05. The van der Waals surface area contributed by atoms with Crippen LogP contribution in [0.3, 0.4) is 0 Å². The summed E-state index contributed by atoms with van der Waals surface area (Å²) in [6, 6.07) is 8.09. The molecule has 0 saturated carbocycles. The molecule has 0 radical (unpaired) electrons. The van der Waals surface area contributed by atoms with Crippen LogP contribution in [-0.2, 0) is 6.42 Å². The monoisotopic (exact) mass is 488 g/mol. The van der Waals surface area contributed by atoms with Gasteiger partial charge in [-0.25, -0.2) is 9.98 Å². The Hall–Kier alpha value is -1.35. The molecule has 1 atom stereocenters. The maximum atomic E-state index is 5.93. The van der Waals surface area contributed by atoms with Crippen molar-refractivity contribution in [2.75, 3.05) is 19.6 Å². The first-order valence-corrected chi connectivity index (χ1v) is 9.61. The summed E-state index contributed by atoms with van der Waals surface area (Å²) >= 11 is 1.69. The van der Waals surface area contributed by atoms with Crippen molar-refractivity contribution < 1.29 is 4.74 Å². The van der Waals surface area contributed by atoms with Crippen LogP contribution in [0.5, 0.6) is 5.75 Å². The fraction of sp³-hybridized carbons (Fsp3) is 0.474. The van der Waals surface area contributed by atoms with E-state index in [4.69, 9.17) is 4.74 Å². The van der Waals surface area contributed by atoms with Gasteiger partial charge in [-0.05, 0) is 45.4 Å². The largest absolute Gasteiger partial charge is 0.489 e. The van der Waals surface area contributed by atoms with Gasteiger partial charge in [0.1, 0.15) is 11.9 Å². The van der Waals surface area contributed by atoms with Crippen molar-refractivity contribution in [1.29, 1.82) is 0 Å². The molecule has 0 fully saturated rings. The van der Waals surface area contributed by atoms with E-state index in [9.17, 15) is 0 Å². The fourth-order valence-corrected chi connectivity index (χ4v) is 3.00. The number of guanidine groups is 1. The number of ether oxygens (including phenoxy) is 1. The number of benzene rings is 1. The summed E-state index contributed by atoms with van der Waals surface area (Å²) in [6.07, 6.45) is 0.905. The first kappa shape index (κ1) is 22.7. The van der Waals surface area contributed by atoms with Crippen molar-refractivity contribution >= 4 is 41.3 Å². The van der Waals surface area contributed by atoms with Crippen molar-refractivity contribution in [2.45, 2.75) is 40.2 Å². The molecule has 1 heterocycles. The number of rotatable bonds is 8. The van der Waals surface area contributed by atoms with Crippen LogP contribution in [0, 0.1) is 13.8 Å². The first-order chi connectivity index (χ1) is 12.1. The van der Waals surface area contributed by atoms with Gasteiger partial charge < -0.3 is 15.4 Å². The van der Waals surface area contributed by atoms with Gasteiger partial charge in [0.2, 0.25) is 0 Å². The van der Waals surface area contributed by atoms with Gasteiger partial charge in [-0.15, -0.1) is 35.3 Å². The van der Waals surface area contributed by atoms with Crippen LogP contribution in [-0.4, -0.2) is 36.7 Å². The zero-order valence-corrected chi connectivity index (χ0v) is 19.1. The number of nitrogens with zero attached hydrogens (tertiary/aromatic N) is 2. The molecule has 2 N–H and O–H groups in total. The van der Waals surface area contributed by atoms with Gasteiger partial charge in [-0.3, -0.25) is 0 Å². The Morgan fingerprint density at radius 3 is 2.77 bits per heavy atom. The third kappa shape index (κ3) is 8.35. The Bertz CT molecular complexity index is 690. The second-order valence-corrected chi connectivity index (χ2v) is 7.06. The van der Waals surface area contributed by atoms with Gasteiger partial charge in [0.25, 0.3) is 0 Å². The Kier molecular flexibility index (Phi) is 10.6. The number of aryl methyl sites for hydroxylation is 2. The standard InChI is InChI=1S/C19H28N4OS.HI/c1-5-20-19(21-10-9-17-13-25-16(4)23-17)22-12-15(3)24-18-8-6-7-14(2)11-18;/h6-8,11,13,15H,5,9-10,12H2,1-4H3,(H2,20,21,22);1H. The van der Waals surface area contributed by atoms with Gasteiger partial charge in [0, 0.05) is 24.9 Å². The molecule has 26 heavy (non-hydrogen) atoms. The topological polar surface area (TPSA) is 58.5 Å². The van der Waals surface area contributed by atoms with E-state index in [0.717, 1.165) is 41.9 Å². The summed E-state index contributed by atoms with van der Waals surface area (Å²) in [7, 11) is 0. The van der Waals surface area contributed by atoms with Crippen LogP contribution in [0.1, 0.15) is 30.1 Å². The Morgan fingerprint density at radius 2 is 2.12 bits per heavy atom. The predicted octanol–water partition coefficient (Wildman–Crippen LogP) is 3.94. The van der Waals surface area contributed by atoms with Crippen LogP contribution in [0.25, 0.3) is 0 Å². The Labute approximate surface area is 177 Å². The van der Waals surface area contributed by atoms with Crippen LogP contribution in [0.4, 0.5) is 0 Å². The Balaban J connectivity index is 0.00000338. The van der Waals surface area contributed by atoms with Crippen LogP contribution >= 0.6 is 35.3 Å². The van der Waals surface area contributed by atoms with E-state index in [2.05, 4.69) is 45.9 Å². The van der Waals surface area contributed by atoms with E-state index in [1.807, 2.05) is 32.0 Å². The van der Waals surface area contributed by atoms with E-state index in [-0.39, 0.29) is 30.1 Å². The molecule has 7 heteroatoms. The molecule has 2 rings (SSSR count). The lowest BCUT2D eigenvalue weighted by molar-refractivity contribution is 0.230. The van der Waals surface area contributed by atoms with Crippen LogP contribution in [0.2, 0.25) is 0 Å². The number of halogens is 1. The maximum absolute atomic E-state index is 5.93. The molecule has 0 aliphatic heterocycles. The predicted molar refractivity (Wildman–Crippen MR) is 121 cm³/mol. The van der Waals surface area contributed by atoms with Crippen LogP contribution < -0.4 is 15.4 Å². The molecule has 1 unspecified atom stereocenters. The zero-order valence-electron chi connectivity index (χ0n) is 15.9. The molecule has 0 spiro atoms. The van der Waals surface area contributed by atoms with Gasteiger partial charge in [-0.2, -0.15) is 0 Å². The molecule has 2 aromatic rings. The molecule has 0 aliphatic rings. The number of hydrogen-bond acceptors (Lipinski definition) is 4. The highest BCUT2D eigenvalue weighted by atomic mass is 127. The number of aliphatic imine (C=N–C) groups is 1. The second kappa shape index (κ2) is 12.1. The summed E-state index contributed by atoms with van der Waals surface area (Å²) in [6.45, 7) is 10.4. The number of aromatic nitrogens is 1. The normalized spacial score (nSPS) is 12.2. The molecule has 0 bridgehead atoms. The molecule has 1 aromatic heterocycles. The third-order valence-corrected chi connectivity index (χ3v) is 4.34. The molecular weight excluding hydrogens is 459 g/mol. The minimum Gasteiger partial charge on any atom is -0.489 e. The van der Waals surface area contributed by atoms with Gasteiger partial charge >= 0.3 is 0 Å². The fourth-order valence-electron chi connectivity index (χ4n) is 2.35. The summed E-state index contributed by atoms with van der Waals surface area (Å²) in [5, 5.41) is 9.84. The molecular formula is C19H29IN4OS. The van der Waals surface area contributed by atoms with E-state index in [0.29, 0.717) is 6.54 Å². The number of nitrogens with one attached hydrogen (secondary N) is 2. The highest BCUT2D eigenvalue weighted by Crippen LogP contribution is 2.14. The average molecular weight is 488 g/mol. The van der Waals surface area contributed by atoms with Crippen molar-refractivity contribution in [1.82, 2.24) is 15.6 Å². The first-order valence-electron chi connectivity index (χ1n) is 8.73. The molecule has 5 nitrogen and oxygen atoms in total. The molecule has 144 valence electrons. The Morgan fingerprint density at radius 1 is 1.31 bits per heavy atom. The molecule has 1 aromatic carbocycles. The average Bonchev–Trinajstić information content (AvgIpc) is 2.98. The quantitative estimate of drug-likeness (QED) is 0.336. The summed E-state index contributed by atoms with van der Waals surface area (Å²) in [5.41, 5.74) is 2.32. The van der Waals surface area contributed by atoms with Crippen molar-refractivity contribution in [2.24, 2.45) is 4.99 Å². The smallest absolute Gasteiger partial charge is 0.191 e. The zero-order chi connectivity index (χ0) is 18.1. The SMILES string of the molecule is CCNC(=NCC(C)Oc1cccc(C)c1)NCCc1csc(C)n1.I. The lowest BCUT2D eigenvalue weighted by atomic mass is 10.2. The molecule has 0 saturated heterocycles. The number of thiazole rings is 1. The van der Waals surface area contributed by atoms with E-state index < -0.39 is 0 Å².